The van der Waals surface area contributed by atoms with Crippen molar-refractivity contribution in [1.29, 1.82) is 0 Å². The fraction of sp³-hybridized carbons (Fsp3) is 0. The Hall–Kier alpha value is -2.89. The number of sulfone groups is 1. The maximum Gasteiger partial charge on any atom is 0.256 e. The largest absolute Gasteiger partial charge is 0.312 e. The summed E-state index contributed by atoms with van der Waals surface area (Å²) in [7, 11) is -3.95. The third kappa shape index (κ3) is 4.64. The van der Waals surface area contributed by atoms with Crippen LogP contribution in [0.15, 0.2) is 94.9 Å². The zero-order valence-corrected chi connectivity index (χ0v) is 15.7. The van der Waals surface area contributed by atoms with E-state index in [0.717, 1.165) is 0 Å². The van der Waals surface area contributed by atoms with Crippen molar-refractivity contribution in [3.8, 4) is 0 Å². The molecule has 6 heteroatoms. The zero-order valence-electron chi connectivity index (χ0n) is 14.2. The molecule has 1 amide bonds. The molecule has 1 N–H and O–H groups in total. The summed E-state index contributed by atoms with van der Waals surface area (Å²) in [5.74, 6) is -0.504. The van der Waals surface area contributed by atoms with Crippen molar-refractivity contribution in [3.63, 3.8) is 0 Å². The van der Waals surface area contributed by atoms with E-state index in [4.69, 9.17) is 11.6 Å². The van der Waals surface area contributed by atoms with Gasteiger partial charge in [0.15, 0.2) is 0 Å². The molecule has 0 bridgehead atoms. The Balaban J connectivity index is 2.03. The standard InChI is InChI=1S/C21H16ClNO3S/c22-18-11-13-19(14-12-18)27(25,26)20(15-16-7-3-1-4-8-16)23-21(24)17-9-5-2-6-10-17/h1-15H,(H,23,24). The Labute approximate surface area is 163 Å². The van der Waals surface area contributed by atoms with Gasteiger partial charge in [-0.15, -0.1) is 0 Å². The summed E-state index contributed by atoms with van der Waals surface area (Å²) < 4.78 is 26.2. The van der Waals surface area contributed by atoms with Crippen LogP contribution in [-0.4, -0.2) is 14.3 Å². The Bertz CT molecular complexity index is 1060. The highest BCUT2D eigenvalue weighted by atomic mass is 35.5. The summed E-state index contributed by atoms with van der Waals surface area (Å²) in [6.07, 6.45) is 1.44. The van der Waals surface area contributed by atoms with Crippen molar-refractivity contribution in [2.24, 2.45) is 0 Å². The van der Waals surface area contributed by atoms with E-state index in [-0.39, 0.29) is 9.92 Å². The van der Waals surface area contributed by atoms with Gasteiger partial charge in [0.05, 0.1) is 4.90 Å². The van der Waals surface area contributed by atoms with E-state index in [2.05, 4.69) is 5.32 Å². The van der Waals surface area contributed by atoms with Crippen LogP contribution >= 0.6 is 11.6 Å². The van der Waals surface area contributed by atoms with Crippen molar-refractivity contribution in [1.82, 2.24) is 5.32 Å². The van der Waals surface area contributed by atoms with Gasteiger partial charge in [0.2, 0.25) is 9.84 Å². The lowest BCUT2D eigenvalue weighted by molar-refractivity contribution is 0.0968. The van der Waals surface area contributed by atoms with Crippen LogP contribution in [0, 0.1) is 0 Å². The van der Waals surface area contributed by atoms with Gasteiger partial charge < -0.3 is 5.32 Å². The molecule has 0 unspecified atom stereocenters. The molecule has 4 nitrogen and oxygen atoms in total. The molecule has 0 radical (unpaired) electrons. The molecule has 0 atom stereocenters. The Morgan fingerprint density at radius 2 is 1.37 bits per heavy atom. The third-order valence-corrected chi connectivity index (χ3v) is 5.73. The normalized spacial score (nSPS) is 11.8. The average Bonchev–Trinajstić information content (AvgIpc) is 2.69. The zero-order chi connectivity index (χ0) is 19.3. The van der Waals surface area contributed by atoms with Gasteiger partial charge in [-0.25, -0.2) is 8.42 Å². The number of rotatable bonds is 5. The maximum absolute atomic E-state index is 13.1. The van der Waals surface area contributed by atoms with Crippen molar-refractivity contribution >= 4 is 33.4 Å². The topological polar surface area (TPSA) is 63.2 Å². The fourth-order valence-electron chi connectivity index (χ4n) is 2.40. The van der Waals surface area contributed by atoms with Crippen LogP contribution in [0.4, 0.5) is 0 Å². The lowest BCUT2D eigenvalue weighted by Gasteiger charge is -2.12. The Morgan fingerprint density at radius 1 is 0.815 bits per heavy atom. The average molecular weight is 398 g/mol. The van der Waals surface area contributed by atoms with Gasteiger partial charge in [-0.2, -0.15) is 0 Å². The molecule has 0 saturated carbocycles. The van der Waals surface area contributed by atoms with E-state index in [0.29, 0.717) is 16.1 Å². The van der Waals surface area contributed by atoms with E-state index in [1.807, 2.05) is 6.07 Å². The number of halogens is 1. The number of hydrogen-bond donors (Lipinski definition) is 1. The van der Waals surface area contributed by atoms with E-state index in [1.54, 1.807) is 54.6 Å². The molecule has 136 valence electrons. The molecule has 0 aliphatic heterocycles. The molecular formula is C21H16ClNO3S. The van der Waals surface area contributed by atoms with Crippen LogP contribution in [0.1, 0.15) is 15.9 Å². The van der Waals surface area contributed by atoms with Crippen LogP contribution in [0.3, 0.4) is 0 Å². The molecule has 0 spiro atoms. The molecule has 0 heterocycles. The SMILES string of the molecule is O=C(NC(=Cc1ccccc1)S(=O)(=O)c1ccc(Cl)cc1)c1ccccc1. The molecule has 27 heavy (non-hydrogen) atoms. The quantitative estimate of drug-likeness (QED) is 0.687. The van der Waals surface area contributed by atoms with Gasteiger partial charge in [0, 0.05) is 10.6 Å². The van der Waals surface area contributed by atoms with Gasteiger partial charge >= 0.3 is 0 Å². The predicted molar refractivity (Wildman–Crippen MR) is 107 cm³/mol. The monoisotopic (exact) mass is 397 g/mol. The highest BCUT2D eigenvalue weighted by Gasteiger charge is 2.23. The van der Waals surface area contributed by atoms with Crippen molar-refractivity contribution in [2.45, 2.75) is 4.90 Å². The highest BCUT2D eigenvalue weighted by molar-refractivity contribution is 7.95. The smallest absolute Gasteiger partial charge is 0.256 e. The molecule has 0 aromatic heterocycles. The van der Waals surface area contributed by atoms with Crippen LogP contribution in [0.25, 0.3) is 6.08 Å². The molecule has 3 aromatic carbocycles. The number of carbonyl (C=O) groups excluding carboxylic acids is 1. The lowest BCUT2D eigenvalue weighted by Crippen LogP contribution is -2.27. The lowest BCUT2D eigenvalue weighted by atomic mass is 10.2. The second-order valence-corrected chi connectivity index (χ2v) is 8.05. The van der Waals surface area contributed by atoms with Crippen molar-refractivity contribution in [3.05, 3.63) is 106 Å². The van der Waals surface area contributed by atoms with Crippen LogP contribution in [-0.2, 0) is 9.84 Å². The first kappa shape index (κ1) is 18.9. The minimum absolute atomic E-state index is 0.0439. The maximum atomic E-state index is 13.1. The fourth-order valence-corrected chi connectivity index (χ4v) is 3.79. The predicted octanol–water partition coefficient (Wildman–Crippen LogP) is 4.54. The summed E-state index contributed by atoms with van der Waals surface area (Å²) in [5.41, 5.74) is 1.01. The van der Waals surface area contributed by atoms with E-state index in [9.17, 15) is 13.2 Å². The Kier molecular flexibility index (Phi) is 5.74. The summed E-state index contributed by atoms with van der Waals surface area (Å²) in [6.45, 7) is 0. The second-order valence-electron chi connectivity index (χ2n) is 5.70. The van der Waals surface area contributed by atoms with Crippen LogP contribution in [0.2, 0.25) is 5.02 Å². The van der Waals surface area contributed by atoms with Crippen LogP contribution in [0.5, 0.6) is 0 Å². The van der Waals surface area contributed by atoms with Gasteiger partial charge in [0.25, 0.3) is 5.91 Å². The molecule has 3 rings (SSSR count). The number of carbonyl (C=O) groups is 1. The van der Waals surface area contributed by atoms with E-state index < -0.39 is 15.7 Å². The summed E-state index contributed by atoms with van der Waals surface area (Å²) in [4.78, 5) is 12.6. The third-order valence-electron chi connectivity index (χ3n) is 3.78. The van der Waals surface area contributed by atoms with Crippen molar-refractivity contribution < 1.29 is 13.2 Å². The summed E-state index contributed by atoms with van der Waals surface area (Å²) >= 11 is 5.86. The van der Waals surface area contributed by atoms with E-state index >= 15 is 0 Å². The first-order valence-corrected chi connectivity index (χ1v) is 9.97. The first-order chi connectivity index (χ1) is 13.0. The molecule has 0 aliphatic rings. The Morgan fingerprint density at radius 3 is 1.96 bits per heavy atom. The van der Waals surface area contributed by atoms with E-state index in [1.165, 1.54) is 30.3 Å². The first-order valence-electron chi connectivity index (χ1n) is 8.10. The molecule has 0 aliphatic carbocycles. The summed E-state index contributed by atoms with van der Waals surface area (Å²) in [6, 6.07) is 23.2. The van der Waals surface area contributed by atoms with Gasteiger partial charge in [0.1, 0.15) is 5.03 Å². The van der Waals surface area contributed by atoms with Gasteiger partial charge in [-0.05, 0) is 48.0 Å². The minimum Gasteiger partial charge on any atom is -0.312 e. The summed E-state index contributed by atoms with van der Waals surface area (Å²) in [5, 5.41) is 2.76. The molecule has 0 fully saturated rings. The molecular weight excluding hydrogens is 382 g/mol. The molecule has 3 aromatic rings. The second kappa shape index (κ2) is 8.20. The van der Waals surface area contributed by atoms with Crippen LogP contribution < -0.4 is 5.32 Å². The number of hydrogen-bond acceptors (Lipinski definition) is 3. The number of nitrogens with one attached hydrogen (secondary N) is 1. The minimum atomic E-state index is -3.95. The number of benzene rings is 3. The highest BCUT2D eigenvalue weighted by Crippen LogP contribution is 2.22. The van der Waals surface area contributed by atoms with Gasteiger partial charge in [-0.1, -0.05) is 60.1 Å². The number of amides is 1. The molecule has 0 saturated heterocycles. The van der Waals surface area contributed by atoms with Crippen molar-refractivity contribution in [2.75, 3.05) is 0 Å². The van der Waals surface area contributed by atoms with Gasteiger partial charge in [-0.3, -0.25) is 4.79 Å².